The zero-order valence-corrected chi connectivity index (χ0v) is 12.5. The Balaban J connectivity index is 1.43. The van der Waals surface area contributed by atoms with Gasteiger partial charge in [-0.2, -0.15) is 5.10 Å². The van der Waals surface area contributed by atoms with Gasteiger partial charge < -0.3 is 9.80 Å². The van der Waals surface area contributed by atoms with E-state index in [1.54, 1.807) is 18.6 Å². The predicted molar refractivity (Wildman–Crippen MR) is 81.8 cm³/mol. The summed E-state index contributed by atoms with van der Waals surface area (Å²) in [4.78, 5) is 24.4. The van der Waals surface area contributed by atoms with Crippen LogP contribution in [0.1, 0.15) is 24.6 Å². The van der Waals surface area contributed by atoms with Crippen molar-refractivity contribution in [2.24, 2.45) is 0 Å². The van der Waals surface area contributed by atoms with E-state index in [1.807, 2.05) is 22.7 Å². The molecular formula is C15H18N6O. The number of carbonyl (C=O) groups is 1. The summed E-state index contributed by atoms with van der Waals surface area (Å²) in [6, 6.07) is 0.328. The molecule has 2 aliphatic heterocycles. The predicted octanol–water partition coefficient (Wildman–Crippen LogP) is 1.17. The molecule has 0 radical (unpaired) electrons. The van der Waals surface area contributed by atoms with E-state index in [2.05, 4.69) is 20.0 Å². The highest BCUT2D eigenvalue weighted by Crippen LogP contribution is 2.28. The Morgan fingerprint density at radius 2 is 2.09 bits per heavy atom. The first-order valence-electron chi connectivity index (χ1n) is 7.59. The molecule has 1 amide bonds. The van der Waals surface area contributed by atoms with Gasteiger partial charge >= 0.3 is 0 Å². The molecule has 2 saturated heterocycles. The van der Waals surface area contributed by atoms with Crippen LogP contribution < -0.4 is 9.80 Å². The fraction of sp³-hybridized carbons (Fsp3) is 0.467. The number of rotatable bonds is 3. The van der Waals surface area contributed by atoms with Gasteiger partial charge in [-0.25, -0.2) is 4.98 Å². The molecule has 0 aromatic carbocycles. The number of carbonyl (C=O) groups excluding carboxylic acids is 1. The van der Waals surface area contributed by atoms with Gasteiger partial charge in [0.2, 0.25) is 5.91 Å². The highest BCUT2D eigenvalue weighted by Gasteiger charge is 2.31. The van der Waals surface area contributed by atoms with Gasteiger partial charge in [-0.3, -0.25) is 14.5 Å². The lowest BCUT2D eigenvalue weighted by molar-refractivity contribution is -0.117. The average Bonchev–Trinajstić information content (AvgIpc) is 3.06. The minimum atomic E-state index is 0.199. The topological polar surface area (TPSA) is 67.2 Å². The Morgan fingerprint density at radius 3 is 2.82 bits per heavy atom. The number of aryl methyl sites for hydroxylation is 1. The second kappa shape index (κ2) is 5.08. The third kappa shape index (κ3) is 2.22. The Kier molecular flexibility index (Phi) is 3.06. The average molecular weight is 298 g/mol. The maximum atomic E-state index is 11.8. The zero-order valence-electron chi connectivity index (χ0n) is 12.5. The van der Waals surface area contributed by atoms with Crippen LogP contribution in [0.25, 0.3) is 0 Å². The minimum Gasteiger partial charge on any atom is -0.351 e. The van der Waals surface area contributed by atoms with Crippen LogP contribution in [0.5, 0.6) is 0 Å². The highest BCUT2D eigenvalue weighted by atomic mass is 16.2. The molecule has 4 heterocycles. The van der Waals surface area contributed by atoms with Crippen molar-refractivity contribution in [2.45, 2.75) is 25.8 Å². The fourth-order valence-corrected chi connectivity index (χ4v) is 3.00. The molecule has 4 rings (SSSR count). The third-order valence-electron chi connectivity index (χ3n) is 4.28. The largest absolute Gasteiger partial charge is 0.351 e. The van der Waals surface area contributed by atoms with E-state index < -0.39 is 0 Å². The van der Waals surface area contributed by atoms with Crippen molar-refractivity contribution in [2.75, 3.05) is 29.4 Å². The number of aromatic nitrogens is 4. The van der Waals surface area contributed by atoms with Gasteiger partial charge in [0, 0.05) is 38.4 Å². The van der Waals surface area contributed by atoms with E-state index in [0.29, 0.717) is 12.5 Å². The molecule has 2 fully saturated rings. The van der Waals surface area contributed by atoms with Gasteiger partial charge in [-0.15, -0.1) is 0 Å². The van der Waals surface area contributed by atoms with Crippen molar-refractivity contribution in [3.05, 3.63) is 30.5 Å². The summed E-state index contributed by atoms with van der Waals surface area (Å²) in [5.41, 5.74) is 1.84. The molecule has 2 aromatic heterocycles. The molecule has 22 heavy (non-hydrogen) atoms. The normalized spacial score (nSPS) is 18.9. The second-order valence-corrected chi connectivity index (χ2v) is 5.90. The maximum absolute atomic E-state index is 11.8. The summed E-state index contributed by atoms with van der Waals surface area (Å²) >= 11 is 0. The van der Waals surface area contributed by atoms with Crippen LogP contribution in [0.15, 0.2) is 24.8 Å². The molecule has 0 bridgehead atoms. The van der Waals surface area contributed by atoms with E-state index in [9.17, 15) is 4.79 Å². The standard InChI is InChI=1S/C15H18N6O/c1-11-5-16-7-14(18-11)19-8-13(9-19)21-10-12(6-17-21)20-4-2-3-15(20)22/h5-7,10,13H,2-4,8-9H2,1H3. The summed E-state index contributed by atoms with van der Waals surface area (Å²) < 4.78 is 1.96. The number of nitrogens with zero attached hydrogens (tertiary/aromatic N) is 6. The van der Waals surface area contributed by atoms with Gasteiger partial charge in [0.15, 0.2) is 0 Å². The first-order chi connectivity index (χ1) is 10.7. The number of anilines is 2. The fourth-order valence-electron chi connectivity index (χ4n) is 3.00. The van der Waals surface area contributed by atoms with Crippen molar-refractivity contribution in [3.8, 4) is 0 Å². The zero-order chi connectivity index (χ0) is 15.1. The van der Waals surface area contributed by atoms with Crippen molar-refractivity contribution >= 4 is 17.4 Å². The Labute approximate surface area is 128 Å². The molecule has 2 aliphatic rings. The van der Waals surface area contributed by atoms with Crippen LogP contribution >= 0.6 is 0 Å². The smallest absolute Gasteiger partial charge is 0.227 e. The molecule has 2 aromatic rings. The van der Waals surface area contributed by atoms with Gasteiger partial charge in [0.1, 0.15) is 5.82 Å². The third-order valence-corrected chi connectivity index (χ3v) is 4.28. The lowest BCUT2D eigenvalue weighted by Crippen LogP contribution is -2.48. The lowest BCUT2D eigenvalue weighted by atomic mass is 10.1. The highest BCUT2D eigenvalue weighted by molar-refractivity contribution is 5.95. The van der Waals surface area contributed by atoms with Crippen LogP contribution in [-0.4, -0.2) is 45.3 Å². The Hall–Kier alpha value is -2.44. The van der Waals surface area contributed by atoms with Crippen LogP contribution in [0.4, 0.5) is 11.5 Å². The number of hydrogen-bond donors (Lipinski definition) is 0. The van der Waals surface area contributed by atoms with Crippen molar-refractivity contribution in [1.29, 1.82) is 0 Å². The van der Waals surface area contributed by atoms with E-state index >= 15 is 0 Å². The minimum absolute atomic E-state index is 0.199. The summed E-state index contributed by atoms with van der Waals surface area (Å²) in [6.07, 6.45) is 8.90. The van der Waals surface area contributed by atoms with Crippen molar-refractivity contribution < 1.29 is 4.79 Å². The Morgan fingerprint density at radius 1 is 1.23 bits per heavy atom. The molecular weight excluding hydrogens is 280 g/mol. The summed E-state index contributed by atoms with van der Waals surface area (Å²) in [5, 5.41) is 4.42. The molecule has 0 atom stereocenters. The summed E-state index contributed by atoms with van der Waals surface area (Å²) in [5.74, 6) is 1.11. The number of amides is 1. The van der Waals surface area contributed by atoms with E-state index in [-0.39, 0.29) is 5.91 Å². The molecule has 0 spiro atoms. The molecule has 0 unspecified atom stereocenters. The monoisotopic (exact) mass is 298 g/mol. The van der Waals surface area contributed by atoms with Crippen LogP contribution in [0.2, 0.25) is 0 Å². The van der Waals surface area contributed by atoms with Crippen molar-refractivity contribution in [1.82, 2.24) is 19.7 Å². The van der Waals surface area contributed by atoms with Gasteiger partial charge in [0.05, 0.1) is 29.8 Å². The molecule has 7 nitrogen and oxygen atoms in total. The molecule has 0 aliphatic carbocycles. The second-order valence-electron chi connectivity index (χ2n) is 5.90. The van der Waals surface area contributed by atoms with E-state index in [4.69, 9.17) is 0 Å². The first kappa shape index (κ1) is 13.2. The first-order valence-corrected chi connectivity index (χ1v) is 7.59. The summed E-state index contributed by atoms with van der Waals surface area (Å²) in [6.45, 7) is 4.49. The molecule has 0 N–H and O–H groups in total. The molecule has 7 heteroatoms. The molecule has 0 saturated carbocycles. The quantitative estimate of drug-likeness (QED) is 0.851. The molecule has 114 valence electrons. The van der Waals surface area contributed by atoms with Crippen LogP contribution in [-0.2, 0) is 4.79 Å². The van der Waals surface area contributed by atoms with E-state index in [1.165, 1.54) is 0 Å². The van der Waals surface area contributed by atoms with Crippen molar-refractivity contribution in [3.63, 3.8) is 0 Å². The Bertz CT molecular complexity index is 706. The van der Waals surface area contributed by atoms with E-state index in [0.717, 1.165) is 43.3 Å². The van der Waals surface area contributed by atoms with Crippen LogP contribution in [0, 0.1) is 6.92 Å². The van der Waals surface area contributed by atoms with Crippen LogP contribution in [0.3, 0.4) is 0 Å². The maximum Gasteiger partial charge on any atom is 0.227 e. The SMILES string of the molecule is Cc1cncc(N2CC(n3cc(N4CCCC4=O)cn3)C2)n1. The number of hydrogen-bond acceptors (Lipinski definition) is 5. The lowest BCUT2D eigenvalue weighted by Gasteiger charge is -2.39. The van der Waals surface area contributed by atoms with Gasteiger partial charge in [0.25, 0.3) is 0 Å². The van der Waals surface area contributed by atoms with Gasteiger partial charge in [-0.1, -0.05) is 0 Å². The summed E-state index contributed by atoms with van der Waals surface area (Å²) in [7, 11) is 0. The van der Waals surface area contributed by atoms with Gasteiger partial charge in [-0.05, 0) is 13.3 Å².